The maximum Gasteiger partial charge on any atom is 0.123 e. The summed E-state index contributed by atoms with van der Waals surface area (Å²) in [5.41, 5.74) is 1.02. The van der Waals surface area contributed by atoms with Crippen molar-refractivity contribution in [3.05, 3.63) is 29.8 Å². The van der Waals surface area contributed by atoms with Crippen molar-refractivity contribution >= 4 is 0 Å². The third kappa shape index (κ3) is 2.52. The second-order valence-corrected chi connectivity index (χ2v) is 5.08. The maximum absolute atomic E-state index is 6.05. The topological polar surface area (TPSA) is 30.5 Å². The van der Waals surface area contributed by atoms with Gasteiger partial charge in [-0.1, -0.05) is 18.2 Å². The molecule has 0 spiro atoms. The lowest BCUT2D eigenvalue weighted by Gasteiger charge is -2.41. The molecule has 1 fully saturated rings. The summed E-state index contributed by atoms with van der Waals surface area (Å²) in [5.74, 6) is 0.923. The third-order valence-electron chi connectivity index (χ3n) is 3.85. The molecule has 1 aliphatic heterocycles. The number of rotatable bonds is 4. The lowest BCUT2D eigenvalue weighted by molar-refractivity contribution is -0.0887. The molecule has 1 aliphatic rings. The molecule has 3 heteroatoms. The van der Waals surface area contributed by atoms with Crippen molar-refractivity contribution in [1.29, 1.82) is 0 Å². The summed E-state index contributed by atoms with van der Waals surface area (Å²) in [6.45, 7) is 3.05. The van der Waals surface area contributed by atoms with E-state index in [-0.39, 0.29) is 11.6 Å². The van der Waals surface area contributed by atoms with Gasteiger partial charge in [-0.3, -0.25) is 0 Å². The number of likely N-dealkylation sites (N-methyl/N-ethyl adjacent to an activating group) is 1. The SMILES string of the molecule is CNC(c1ccccc1OC)C1(C)CCCCO1. The summed E-state index contributed by atoms with van der Waals surface area (Å²) in [7, 11) is 3.70. The van der Waals surface area contributed by atoms with Crippen molar-refractivity contribution in [1.82, 2.24) is 5.32 Å². The van der Waals surface area contributed by atoms with Gasteiger partial charge in [-0.2, -0.15) is 0 Å². The Kier molecular flexibility index (Phi) is 4.25. The first kappa shape index (κ1) is 13.4. The average molecular weight is 249 g/mol. The van der Waals surface area contributed by atoms with Crippen LogP contribution in [0, 0.1) is 0 Å². The van der Waals surface area contributed by atoms with Crippen LogP contribution in [0.25, 0.3) is 0 Å². The first-order chi connectivity index (χ1) is 8.71. The average Bonchev–Trinajstić information content (AvgIpc) is 2.40. The summed E-state index contributed by atoms with van der Waals surface area (Å²) in [4.78, 5) is 0. The molecular weight excluding hydrogens is 226 g/mol. The molecule has 1 N–H and O–H groups in total. The minimum Gasteiger partial charge on any atom is -0.496 e. The summed E-state index contributed by atoms with van der Waals surface area (Å²) in [6.07, 6.45) is 3.47. The van der Waals surface area contributed by atoms with Crippen molar-refractivity contribution < 1.29 is 9.47 Å². The van der Waals surface area contributed by atoms with E-state index in [0.717, 1.165) is 25.2 Å². The normalized spacial score (nSPS) is 25.7. The number of ether oxygens (including phenoxy) is 2. The molecule has 2 rings (SSSR count). The van der Waals surface area contributed by atoms with E-state index < -0.39 is 0 Å². The molecule has 1 aromatic carbocycles. The summed E-state index contributed by atoms with van der Waals surface area (Å²) in [6, 6.07) is 8.33. The second-order valence-electron chi connectivity index (χ2n) is 5.08. The highest BCUT2D eigenvalue weighted by molar-refractivity contribution is 5.37. The van der Waals surface area contributed by atoms with Gasteiger partial charge in [0.1, 0.15) is 5.75 Å². The van der Waals surface area contributed by atoms with Crippen LogP contribution in [0.3, 0.4) is 0 Å². The molecule has 0 bridgehead atoms. The van der Waals surface area contributed by atoms with Crippen LogP contribution < -0.4 is 10.1 Å². The molecular formula is C15H23NO2. The molecule has 1 aromatic rings. The first-order valence-corrected chi connectivity index (χ1v) is 6.65. The van der Waals surface area contributed by atoms with Crippen LogP contribution in [-0.2, 0) is 4.74 Å². The number of para-hydroxylation sites is 1. The predicted molar refractivity (Wildman–Crippen MR) is 73.0 cm³/mol. The van der Waals surface area contributed by atoms with Gasteiger partial charge in [0, 0.05) is 12.2 Å². The van der Waals surface area contributed by atoms with Crippen LogP contribution in [0.4, 0.5) is 0 Å². The smallest absolute Gasteiger partial charge is 0.123 e. The molecule has 3 nitrogen and oxygen atoms in total. The Morgan fingerprint density at radius 3 is 2.72 bits per heavy atom. The summed E-state index contributed by atoms with van der Waals surface area (Å²) < 4.78 is 11.5. The van der Waals surface area contributed by atoms with Gasteiger partial charge in [-0.25, -0.2) is 0 Å². The van der Waals surface area contributed by atoms with Crippen molar-refractivity contribution in [3.63, 3.8) is 0 Å². The summed E-state index contributed by atoms with van der Waals surface area (Å²) in [5, 5.41) is 3.40. The fraction of sp³-hybridized carbons (Fsp3) is 0.600. The van der Waals surface area contributed by atoms with E-state index in [4.69, 9.17) is 9.47 Å². The molecule has 0 radical (unpaired) electrons. The third-order valence-corrected chi connectivity index (χ3v) is 3.85. The van der Waals surface area contributed by atoms with Gasteiger partial charge in [0.2, 0.25) is 0 Å². The lowest BCUT2D eigenvalue weighted by atomic mass is 9.84. The Morgan fingerprint density at radius 1 is 1.33 bits per heavy atom. The Balaban J connectivity index is 2.32. The van der Waals surface area contributed by atoms with E-state index in [2.05, 4.69) is 18.3 Å². The van der Waals surface area contributed by atoms with Crippen LogP contribution >= 0.6 is 0 Å². The number of benzene rings is 1. The minimum atomic E-state index is -0.151. The van der Waals surface area contributed by atoms with Crippen molar-refractivity contribution in [2.24, 2.45) is 0 Å². The van der Waals surface area contributed by atoms with E-state index in [1.54, 1.807) is 7.11 Å². The zero-order valence-corrected chi connectivity index (χ0v) is 11.5. The van der Waals surface area contributed by atoms with E-state index in [9.17, 15) is 0 Å². The largest absolute Gasteiger partial charge is 0.496 e. The van der Waals surface area contributed by atoms with Crippen LogP contribution in [-0.4, -0.2) is 26.4 Å². The molecule has 0 amide bonds. The van der Waals surface area contributed by atoms with E-state index in [1.165, 1.54) is 12.0 Å². The molecule has 0 saturated carbocycles. The number of hydrogen-bond donors (Lipinski definition) is 1. The fourth-order valence-corrected chi connectivity index (χ4v) is 2.88. The highest BCUT2D eigenvalue weighted by Gasteiger charge is 2.38. The number of methoxy groups -OCH3 is 1. The molecule has 100 valence electrons. The van der Waals surface area contributed by atoms with Gasteiger partial charge >= 0.3 is 0 Å². The van der Waals surface area contributed by atoms with Gasteiger partial charge in [-0.05, 0) is 39.3 Å². The zero-order chi connectivity index (χ0) is 13.0. The monoisotopic (exact) mass is 249 g/mol. The highest BCUT2D eigenvalue weighted by Crippen LogP contribution is 2.39. The van der Waals surface area contributed by atoms with Gasteiger partial charge < -0.3 is 14.8 Å². The standard InChI is InChI=1S/C15H23NO2/c1-15(10-6-7-11-18-15)14(16-2)12-8-4-5-9-13(12)17-3/h4-5,8-9,14,16H,6-7,10-11H2,1-3H3. The van der Waals surface area contributed by atoms with E-state index in [1.807, 2.05) is 25.2 Å². The predicted octanol–water partition coefficient (Wildman–Crippen LogP) is 2.91. The molecule has 0 aliphatic carbocycles. The molecule has 1 heterocycles. The Labute approximate surface area is 109 Å². The van der Waals surface area contributed by atoms with Crippen LogP contribution in [0.5, 0.6) is 5.75 Å². The van der Waals surface area contributed by atoms with Crippen LogP contribution in [0.15, 0.2) is 24.3 Å². The number of hydrogen-bond acceptors (Lipinski definition) is 3. The zero-order valence-electron chi connectivity index (χ0n) is 11.5. The molecule has 2 atom stereocenters. The van der Waals surface area contributed by atoms with Crippen LogP contribution in [0.2, 0.25) is 0 Å². The summed E-state index contributed by atoms with van der Waals surface area (Å²) >= 11 is 0. The van der Waals surface area contributed by atoms with Crippen molar-refractivity contribution in [3.8, 4) is 5.75 Å². The number of nitrogens with one attached hydrogen (secondary N) is 1. The quantitative estimate of drug-likeness (QED) is 0.890. The van der Waals surface area contributed by atoms with Crippen LogP contribution in [0.1, 0.15) is 37.8 Å². The second kappa shape index (κ2) is 5.72. The first-order valence-electron chi connectivity index (χ1n) is 6.65. The maximum atomic E-state index is 6.05. The Morgan fingerprint density at radius 2 is 2.11 bits per heavy atom. The molecule has 0 aromatic heterocycles. The van der Waals surface area contributed by atoms with Crippen molar-refractivity contribution in [2.45, 2.75) is 37.8 Å². The molecule has 18 heavy (non-hydrogen) atoms. The van der Waals surface area contributed by atoms with Gasteiger partial charge in [0.05, 0.1) is 18.8 Å². The van der Waals surface area contributed by atoms with Crippen molar-refractivity contribution in [2.75, 3.05) is 20.8 Å². The highest BCUT2D eigenvalue weighted by atomic mass is 16.5. The molecule has 1 saturated heterocycles. The van der Waals surface area contributed by atoms with E-state index in [0.29, 0.717) is 0 Å². The van der Waals surface area contributed by atoms with E-state index >= 15 is 0 Å². The van der Waals surface area contributed by atoms with Gasteiger partial charge in [-0.15, -0.1) is 0 Å². The minimum absolute atomic E-state index is 0.151. The lowest BCUT2D eigenvalue weighted by Crippen LogP contribution is -2.44. The van der Waals surface area contributed by atoms with Gasteiger partial charge in [0.25, 0.3) is 0 Å². The Hall–Kier alpha value is -1.06. The van der Waals surface area contributed by atoms with Gasteiger partial charge in [0.15, 0.2) is 0 Å². The fourth-order valence-electron chi connectivity index (χ4n) is 2.88. The Bertz CT molecular complexity index is 386. The molecule has 2 unspecified atom stereocenters.